The molecule has 8 nitrogen and oxygen atoms in total. The molecular weight excluding hydrogens is 438 g/mol. The number of ketones is 1. The molecule has 4 rings (SSSR count). The number of aromatic hydroxyl groups is 1. The molecule has 0 bridgehead atoms. The van der Waals surface area contributed by atoms with Crippen molar-refractivity contribution in [2.45, 2.75) is 26.3 Å². The number of phenolic OH excluding ortho intramolecular Hbond substituents is 1. The van der Waals surface area contributed by atoms with Crippen LogP contribution in [0.25, 0.3) is 6.08 Å². The summed E-state index contributed by atoms with van der Waals surface area (Å²) in [6.07, 6.45) is 3.24. The zero-order valence-electron chi connectivity index (χ0n) is 19.6. The second-order valence-electron chi connectivity index (χ2n) is 8.31. The number of carbonyl (C=O) groups is 2. The number of Topliss-reactive ketones (excluding diaryl/α,β-unsaturated/α-hetero) is 1. The number of hydrogen-bond donors (Lipinski definition) is 1. The molecule has 2 heterocycles. The van der Waals surface area contributed by atoms with Crippen LogP contribution in [0.15, 0.2) is 36.1 Å². The van der Waals surface area contributed by atoms with Crippen molar-refractivity contribution in [1.29, 1.82) is 0 Å². The predicted octanol–water partition coefficient (Wildman–Crippen LogP) is 3.80. The maximum Gasteiger partial charge on any atom is 0.310 e. The van der Waals surface area contributed by atoms with E-state index in [-0.39, 0.29) is 29.2 Å². The third-order valence-corrected chi connectivity index (χ3v) is 6.15. The van der Waals surface area contributed by atoms with E-state index < -0.39 is 0 Å². The van der Waals surface area contributed by atoms with Crippen LogP contribution in [0, 0.1) is 5.92 Å². The maximum atomic E-state index is 13.1. The number of allylic oxidation sites excluding steroid dienone is 1. The molecule has 0 amide bonds. The van der Waals surface area contributed by atoms with Gasteiger partial charge >= 0.3 is 5.97 Å². The molecule has 0 saturated carbocycles. The Morgan fingerprint density at radius 3 is 2.79 bits per heavy atom. The smallest absolute Gasteiger partial charge is 0.310 e. The molecule has 1 fully saturated rings. The molecule has 2 aliphatic rings. The second-order valence-corrected chi connectivity index (χ2v) is 8.31. The average molecular weight is 468 g/mol. The first-order valence-electron chi connectivity index (χ1n) is 11.3. The fourth-order valence-electron chi connectivity index (χ4n) is 4.42. The Balaban J connectivity index is 1.60. The summed E-state index contributed by atoms with van der Waals surface area (Å²) in [4.78, 5) is 27.4. The van der Waals surface area contributed by atoms with Crippen molar-refractivity contribution >= 4 is 17.8 Å². The van der Waals surface area contributed by atoms with Gasteiger partial charge in [-0.15, -0.1) is 0 Å². The summed E-state index contributed by atoms with van der Waals surface area (Å²) in [5.74, 6) is 1.05. The molecule has 2 aromatic carbocycles. The molecule has 1 unspecified atom stereocenters. The van der Waals surface area contributed by atoms with Crippen LogP contribution in [0.1, 0.15) is 41.3 Å². The highest BCUT2D eigenvalue weighted by Crippen LogP contribution is 2.41. The minimum absolute atomic E-state index is 0.0463. The highest BCUT2D eigenvalue weighted by molar-refractivity contribution is 6.15. The first kappa shape index (κ1) is 23.6. The molecule has 1 atom stereocenters. The van der Waals surface area contributed by atoms with Gasteiger partial charge in [0.2, 0.25) is 5.78 Å². The Hall–Kier alpha value is -3.52. The van der Waals surface area contributed by atoms with Gasteiger partial charge in [0.15, 0.2) is 5.76 Å². The van der Waals surface area contributed by atoms with E-state index in [4.69, 9.17) is 18.9 Å². The fourth-order valence-corrected chi connectivity index (χ4v) is 4.42. The van der Waals surface area contributed by atoms with E-state index in [9.17, 15) is 14.7 Å². The standard InChI is InChI=1S/C26H29NO7/c1-4-33-26(30)16-6-5-11-27(14-16)15-20-21(28)9-8-19-24(29)23(34-25(19)20)13-17-12-18(31-2)7-10-22(17)32-3/h7-10,12-13,16,28H,4-6,11,14-15H2,1-3H3/b23-13-. The summed E-state index contributed by atoms with van der Waals surface area (Å²) in [7, 11) is 3.11. The molecule has 0 aliphatic carbocycles. The van der Waals surface area contributed by atoms with E-state index in [0.29, 0.717) is 53.6 Å². The Morgan fingerprint density at radius 2 is 2.06 bits per heavy atom. The van der Waals surface area contributed by atoms with Crippen LogP contribution in [-0.4, -0.2) is 55.7 Å². The van der Waals surface area contributed by atoms with Crippen molar-refractivity contribution in [2.24, 2.45) is 5.92 Å². The van der Waals surface area contributed by atoms with Gasteiger partial charge in [0.05, 0.1) is 37.9 Å². The molecule has 0 aromatic heterocycles. The van der Waals surface area contributed by atoms with Crippen molar-refractivity contribution in [1.82, 2.24) is 4.90 Å². The number of rotatable bonds is 7. The summed E-state index contributed by atoms with van der Waals surface area (Å²) < 4.78 is 21.9. The third-order valence-electron chi connectivity index (χ3n) is 6.15. The van der Waals surface area contributed by atoms with Gasteiger partial charge in [0.25, 0.3) is 0 Å². The summed E-state index contributed by atoms with van der Waals surface area (Å²) in [5.41, 5.74) is 1.55. The molecule has 180 valence electrons. The van der Waals surface area contributed by atoms with Gasteiger partial charge < -0.3 is 24.1 Å². The first-order chi connectivity index (χ1) is 16.4. The number of esters is 1. The topological polar surface area (TPSA) is 94.5 Å². The Morgan fingerprint density at radius 1 is 1.24 bits per heavy atom. The van der Waals surface area contributed by atoms with Crippen molar-refractivity contribution in [3.05, 3.63) is 52.8 Å². The number of ether oxygens (including phenoxy) is 4. The number of likely N-dealkylation sites (tertiary alicyclic amines) is 1. The van der Waals surface area contributed by atoms with Crippen molar-refractivity contribution in [3.8, 4) is 23.0 Å². The lowest BCUT2D eigenvalue weighted by Crippen LogP contribution is -2.39. The number of hydrogen-bond acceptors (Lipinski definition) is 8. The molecule has 0 radical (unpaired) electrons. The Kier molecular flexibility index (Phi) is 7.07. The van der Waals surface area contributed by atoms with Gasteiger partial charge in [-0.25, -0.2) is 0 Å². The third kappa shape index (κ3) is 4.72. The summed E-state index contributed by atoms with van der Waals surface area (Å²) >= 11 is 0. The van der Waals surface area contributed by atoms with E-state index in [1.165, 1.54) is 6.07 Å². The zero-order chi connectivity index (χ0) is 24.2. The number of nitrogens with zero attached hydrogens (tertiary/aromatic N) is 1. The minimum atomic E-state index is -0.274. The number of carbonyl (C=O) groups excluding carboxylic acids is 2. The summed E-state index contributed by atoms with van der Waals surface area (Å²) in [6.45, 7) is 3.81. The van der Waals surface area contributed by atoms with E-state index in [0.717, 1.165) is 19.4 Å². The average Bonchev–Trinajstić information content (AvgIpc) is 3.16. The molecule has 34 heavy (non-hydrogen) atoms. The molecular formula is C26H29NO7. The van der Waals surface area contributed by atoms with Crippen molar-refractivity contribution in [3.63, 3.8) is 0 Å². The largest absolute Gasteiger partial charge is 0.507 e. The number of fused-ring (bicyclic) bond motifs is 1. The number of phenols is 1. The highest BCUT2D eigenvalue weighted by atomic mass is 16.5. The van der Waals surface area contributed by atoms with E-state index in [1.807, 2.05) is 0 Å². The first-order valence-corrected chi connectivity index (χ1v) is 11.3. The Bertz CT molecular complexity index is 1120. The van der Waals surface area contributed by atoms with Crippen LogP contribution in [0.3, 0.4) is 0 Å². The lowest BCUT2D eigenvalue weighted by Gasteiger charge is -2.31. The maximum absolute atomic E-state index is 13.1. The lowest BCUT2D eigenvalue weighted by molar-refractivity contribution is -0.150. The second kappa shape index (κ2) is 10.2. The normalized spacial score (nSPS) is 19.0. The van der Waals surface area contributed by atoms with Gasteiger partial charge in [0, 0.05) is 18.7 Å². The number of piperidine rings is 1. The number of benzene rings is 2. The predicted molar refractivity (Wildman–Crippen MR) is 125 cm³/mol. The van der Waals surface area contributed by atoms with E-state index >= 15 is 0 Å². The Labute approximate surface area is 198 Å². The van der Waals surface area contributed by atoms with Gasteiger partial charge in [-0.05, 0) is 62.7 Å². The van der Waals surface area contributed by atoms with Crippen LogP contribution >= 0.6 is 0 Å². The molecule has 1 N–H and O–H groups in total. The van der Waals surface area contributed by atoms with E-state index in [2.05, 4.69) is 4.90 Å². The SMILES string of the molecule is CCOC(=O)C1CCCN(Cc2c(O)ccc3c2O/C(=C\c2cc(OC)ccc2OC)C3=O)C1. The summed E-state index contributed by atoms with van der Waals surface area (Å²) in [6, 6.07) is 8.36. The molecule has 8 heteroatoms. The lowest BCUT2D eigenvalue weighted by atomic mass is 9.97. The summed E-state index contributed by atoms with van der Waals surface area (Å²) in [5, 5.41) is 10.6. The molecule has 2 aliphatic heterocycles. The monoisotopic (exact) mass is 467 g/mol. The zero-order valence-corrected chi connectivity index (χ0v) is 19.6. The van der Waals surface area contributed by atoms with Crippen LogP contribution < -0.4 is 14.2 Å². The van der Waals surface area contributed by atoms with Crippen molar-refractivity contribution in [2.75, 3.05) is 33.9 Å². The highest BCUT2D eigenvalue weighted by Gasteiger charge is 2.33. The number of methoxy groups -OCH3 is 2. The van der Waals surface area contributed by atoms with Crippen LogP contribution in [0.5, 0.6) is 23.0 Å². The molecule has 0 spiro atoms. The van der Waals surface area contributed by atoms with Crippen LogP contribution in [0.2, 0.25) is 0 Å². The molecule has 1 saturated heterocycles. The van der Waals surface area contributed by atoms with E-state index in [1.54, 1.807) is 51.5 Å². The minimum Gasteiger partial charge on any atom is -0.507 e. The quantitative estimate of drug-likeness (QED) is 0.485. The fraction of sp³-hybridized carbons (Fsp3) is 0.385. The van der Waals surface area contributed by atoms with Gasteiger partial charge in [0.1, 0.15) is 23.0 Å². The molecule has 2 aromatic rings. The van der Waals surface area contributed by atoms with Gasteiger partial charge in [-0.2, -0.15) is 0 Å². The van der Waals surface area contributed by atoms with Crippen molar-refractivity contribution < 1.29 is 33.6 Å². The van der Waals surface area contributed by atoms with Gasteiger partial charge in [-0.3, -0.25) is 14.5 Å². The van der Waals surface area contributed by atoms with Crippen LogP contribution in [-0.2, 0) is 16.1 Å². The van der Waals surface area contributed by atoms with Crippen LogP contribution in [0.4, 0.5) is 0 Å². The van der Waals surface area contributed by atoms with Gasteiger partial charge in [-0.1, -0.05) is 0 Å².